The molecular formula is C10H10N2O2. The van der Waals surface area contributed by atoms with Gasteiger partial charge in [-0.15, -0.1) is 5.10 Å². The number of aromatic amines is 1. The number of hydrogen-bond acceptors (Lipinski definition) is 3. The molecule has 4 nitrogen and oxygen atoms in total. The molecule has 0 aliphatic rings. The number of benzene rings is 1. The Bertz CT molecular complexity index is 511. The van der Waals surface area contributed by atoms with Gasteiger partial charge in [0.15, 0.2) is 0 Å². The van der Waals surface area contributed by atoms with Crippen LogP contribution in [-0.4, -0.2) is 10.2 Å². The van der Waals surface area contributed by atoms with Crippen molar-refractivity contribution in [2.75, 3.05) is 0 Å². The van der Waals surface area contributed by atoms with Gasteiger partial charge in [0, 0.05) is 5.56 Å². The molecule has 0 saturated carbocycles. The number of nitrogens with zero attached hydrogens (tertiary/aromatic N) is 1. The molecule has 2 rings (SSSR count). The second kappa shape index (κ2) is 3.14. The zero-order chi connectivity index (χ0) is 10.1. The Balaban J connectivity index is 2.61. The van der Waals surface area contributed by atoms with Crippen LogP contribution in [-0.2, 0) is 0 Å². The van der Waals surface area contributed by atoms with E-state index in [1.807, 2.05) is 32.0 Å². The first-order chi connectivity index (χ1) is 6.66. The maximum atomic E-state index is 10.8. The SMILES string of the molecule is Cc1ccc(C)c(-c2n[nH]c(=O)o2)c1. The Hall–Kier alpha value is -1.84. The van der Waals surface area contributed by atoms with E-state index in [1.165, 1.54) is 0 Å². The van der Waals surface area contributed by atoms with E-state index in [-0.39, 0.29) is 0 Å². The quantitative estimate of drug-likeness (QED) is 0.743. The topological polar surface area (TPSA) is 58.9 Å². The fourth-order valence-electron chi connectivity index (χ4n) is 1.31. The van der Waals surface area contributed by atoms with E-state index in [0.717, 1.165) is 16.7 Å². The summed E-state index contributed by atoms with van der Waals surface area (Å²) in [6.45, 7) is 3.93. The third-order valence-electron chi connectivity index (χ3n) is 2.06. The first-order valence-corrected chi connectivity index (χ1v) is 4.30. The van der Waals surface area contributed by atoms with Crippen molar-refractivity contribution in [3.63, 3.8) is 0 Å². The fraction of sp³-hybridized carbons (Fsp3) is 0.200. The van der Waals surface area contributed by atoms with E-state index < -0.39 is 5.76 Å². The summed E-state index contributed by atoms with van der Waals surface area (Å²) in [5, 5.41) is 6.03. The molecule has 0 aliphatic carbocycles. The molecule has 0 atom stereocenters. The van der Waals surface area contributed by atoms with Crippen molar-refractivity contribution in [3.05, 3.63) is 39.9 Å². The summed E-state index contributed by atoms with van der Waals surface area (Å²) in [6, 6.07) is 5.91. The van der Waals surface area contributed by atoms with Crippen LogP contribution in [0.5, 0.6) is 0 Å². The highest BCUT2D eigenvalue weighted by molar-refractivity contribution is 5.58. The monoisotopic (exact) mass is 190 g/mol. The largest absolute Gasteiger partial charge is 0.434 e. The number of aromatic nitrogens is 2. The van der Waals surface area contributed by atoms with Crippen molar-refractivity contribution in [2.45, 2.75) is 13.8 Å². The summed E-state index contributed by atoms with van der Waals surface area (Å²) in [7, 11) is 0. The molecule has 0 radical (unpaired) electrons. The van der Waals surface area contributed by atoms with Crippen LogP contribution in [0.15, 0.2) is 27.4 Å². The molecule has 2 aromatic rings. The van der Waals surface area contributed by atoms with Gasteiger partial charge >= 0.3 is 5.76 Å². The van der Waals surface area contributed by atoms with E-state index in [2.05, 4.69) is 10.2 Å². The van der Waals surface area contributed by atoms with Gasteiger partial charge in [-0.05, 0) is 25.5 Å². The highest BCUT2D eigenvalue weighted by Gasteiger charge is 2.07. The zero-order valence-electron chi connectivity index (χ0n) is 8.00. The minimum Gasteiger partial charge on any atom is -0.388 e. The normalized spacial score (nSPS) is 10.4. The summed E-state index contributed by atoms with van der Waals surface area (Å²) in [6.07, 6.45) is 0. The van der Waals surface area contributed by atoms with Gasteiger partial charge in [0.25, 0.3) is 0 Å². The average Bonchev–Trinajstić information content (AvgIpc) is 2.56. The molecule has 0 aliphatic heterocycles. The number of nitrogens with one attached hydrogen (secondary N) is 1. The number of aryl methyl sites for hydroxylation is 2. The van der Waals surface area contributed by atoms with Gasteiger partial charge in [-0.1, -0.05) is 17.7 Å². The van der Waals surface area contributed by atoms with Crippen LogP contribution in [0.4, 0.5) is 0 Å². The first-order valence-electron chi connectivity index (χ1n) is 4.30. The van der Waals surface area contributed by atoms with Crippen LogP contribution in [0.1, 0.15) is 11.1 Å². The van der Waals surface area contributed by atoms with Gasteiger partial charge in [0.2, 0.25) is 5.89 Å². The van der Waals surface area contributed by atoms with E-state index >= 15 is 0 Å². The van der Waals surface area contributed by atoms with E-state index in [1.54, 1.807) is 0 Å². The van der Waals surface area contributed by atoms with Gasteiger partial charge < -0.3 is 4.42 Å². The molecule has 1 heterocycles. The average molecular weight is 190 g/mol. The highest BCUT2D eigenvalue weighted by Crippen LogP contribution is 2.20. The summed E-state index contributed by atoms with van der Waals surface area (Å²) >= 11 is 0. The van der Waals surface area contributed by atoms with E-state index in [0.29, 0.717) is 5.89 Å². The van der Waals surface area contributed by atoms with Gasteiger partial charge in [0.05, 0.1) is 0 Å². The van der Waals surface area contributed by atoms with Crippen LogP contribution in [0.3, 0.4) is 0 Å². The lowest BCUT2D eigenvalue weighted by Crippen LogP contribution is -1.93. The predicted molar refractivity (Wildman–Crippen MR) is 52.0 cm³/mol. The Morgan fingerprint density at radius 1 is 1.36 bits per heavy atom. The Morgan fingerprint density at radius 2 is 2.14 bits per heavy atom. The molecule has 1 aromatic heterocycles. The van der Waals surface area contributed by atoms with Crippen LogP contribution in [0, 0.1) is 13.8 Å². The Labute approximate surface area is 80.6 Å². The molecule has 4 heteroatoms. The van der Waals surface area contributed by atoms with Gasteiger partial charge in [-0.2, -0.15) is 0 Å². The summed E-state index contributed by atoms with van der Waals surface area (Å²) < 4.78 is 4.88. The first kappa shape index (κ1) is 8.74. The Morgan fingerprint density at radius 3 is 2.79 bits per heavy atom. The molecule has 0 amide bonds. The van der Waals surface area contributed by atoms with Gasteiger partial charge in [-0.25, -0.2) is 9.89 Å². The number of rotatable bonds is 1. The molecule has 0 bridgehead atoms. The van der Waals surface area contributed by atoms with Crippen molar-refractivity contribution < 1.29 is 4.42 Å². The van der Waals surface area contributed by atoms with E-state index in [4.69, 9.17) is 4.42 Å². The highest BCUT2D eigenvalue weighted by atomic mass is 16.4. The molecule has 1 N–H and O–H groups in total. The smallest absolute Gasteiger partial charge is 0.388 e. The van der Waals surface area contributed by atoms with E-state index in [9.17, 15) is 4.79 Å². The second-order valence-corrected chi connectivity index (χ2v) is 3.24. The molecule has 0 spiro atoms. The van der Waals surface area contributed by atoms with Crippen LogP contribution in [0.25, 0.3) is 11.5 Å². The lowest BCUT2D eigenvalue weighted by molar-refractivity contribution is 0.526. The molecule has 1 aromatic carbocycles. The molecule has 14 heavy (non-hydrogen) atoms. The Kier molecular flexibility index (Phi) is 1.96. The molecule has 0 fully saturated rings. The molecule has 0 unspecified atom stereocenters. The van der Waals surface area contributed by atoms with Crippen LogP contribution < -0.4 is 5.76 Å². The van der Waals surface area contributed by atoms with Crippen molar-refractivity contribution in [3.8, 4) is 11.5 Å². The molecule has 0 saturated heterocycles. The van der Waals surface area contributed by atoms with Crippen molar-refractivity contribution in [1.82, 2.24) is 10.2 Å². The summed E-state index contributed by atoms with van der Waals surface area (Å²) in [5.74, 6) is -0.183. The molecule has 72 valence electrons. The standard InChI is InChI=1S/C10H10N2O2/c1-6-3-4-7(2)8(5-6)9-11-12-10(13)14-9/h3-5H,1-2H3,(H,12,13). The number of H-pyrrole nitrogens is 1. The van der Waals surface area contributed by atoms with Crippen LogP contribution >= 0.6 is 0 Å². The third kappa shape index (κ3) is 1.46. The zero-order valence-corrected chi connectivity index (χ0v) is 8.00. The van der Waals surface area contributed by atoms with Crippen molar-refractivity contribution >= 4 is 0 Å². The maximum Gasteiger partial charge on any atom is 0.434 e. The third-order valence-corrected chi connectivity index (χ3v) is 2.06. The second-order valence-electron chi connectivity index (χ2n) is 3.24. The minimum atomic E-state index is -0.527. The minimum absolute atomic E-state index is 0.344. The van der Waals surface area contributed by atoms with Crippen molar-refractivity contribution in [2.24, 2.45) is 0 Å². The van der Waals surface area contributed by atoms with Crippen molar-refractivity contribution in [1.29, 1.82) is 0 Å². The van der Waals surface area contributed by atoms with Gasteiger partial charge in [0.1, 0.15) is 0 Å². The summed E-state index contributed by atoms with van der Waals surface area (Å²) in [5.41, 5.74) is 2.99. The maximum absolute atomic E-state index is 10.8. The van der Waals surface area contributed by atoms with Crippen LogP contribution in [0.2, 0.25) is 0 Å². The molecular weight excluding hydrogens is 180 g/mol. The lowest BCUT2D eigenvalue weighted by Gasteiger charge is -2.01. The summed E-state index contributed by atoms with van der Waals surface area (Å²) in [4.78, 5) is 10.8. The predicted octanol–water partition coefficient (Wildman–Crippen LogP) is 1.65. The van der Waals surface area contributed by atoms with Gasteiger partial charge in [-0.3, -0.25) is 0 Å². The lowest BCUT2D eigenvalue weighted by atomic mass is 10.1. The number of hydrogen-bond donors (Lipinski definition) is 1. The fourth-order valence-corrected chi connectivity index (χ4v) is 1.31.